The first-order chi connectivity index (χ1) is 14.2. The minimum atomic E-state index is -1.04. The smallest absolute Gasteiger partial charge is 0.335 e. The number of carbonyl (C=O) groups is 3. The van der Waals surface area contributed by atoms with Gasteiger partial charge in [0.05, 0.1) is 22.2 Å². The summed E-state index contributed by atoms with van der Waals surface area (Å²) in [7, 11) is 0. The molecule has 0 aliphatic carbocycles. The maximum absolute atomic E-state index is 12.9. The van der Waals surface area contributed by atoms with E-state index in [1.54, 1.807) is 6.92 Å². The van der Waals surface area contributed by atoms with Crippen LogP contribution in [0.4, 0.5) is 16.2 Å². The number of carbonyl (C=O) groups excluding carboxylic acids is 3. The molecule has 0 unspecified atom stereocenters. The molecule has 0 radical (unpaired) electrons. The molecule has 0 spiro atoms. The summed E-state index contributed by atoms with van der Waals surface area (Å²) in [6.07, 6.45) is 1.17. The Bertz CT molecular complexity index is 1110. The highest BCUT2D eigenvalue weighted by Crippen LogP contribution is 2.36. The second-order valence-corrected chi connectivity index (χ2v) is 6.42. The van der Waals surface area contributed by atoms with E-state index >= 15 is 0 Å². The van der Waals surface area contributed by atoms with Crippen LogP contribution in [0, 0.1) is 10.1 Å². The molecule has 0 bridgehead atoms. The molecular weight excluding hydrogens is 418 g/mol. The number of phenolic OH excluding ortho intramolecular Hbond substituents is 1. The van der Waals surface area contributed by atoms with Gasteiger partial charge in [-0.1, -0.05) is 17.7 Å². The SMILES string of the molecule is CCOc1cc(C=C2C(=O)NC(=O)N(c3cccc([N+](=O)[O-])c3)C2=O)cc(Cl)c1O. The lowest BCUT2D eigenvalue weighted by atomic mass is 10.1. The Balaban J connectivity index is 2.05. The Hall–Kier alpha value is -3.92. The summed E-state index contributed by atoms with van der Waals surface area (Å²) in [4.78, 5) is 48.3. The number of halogens is 1. The van der Waals surface area contributed by atoms with Crippen molar-refractivity contribution in [1.82, 2.24) is 5.32 Å². The van der Waals surface area contributed by atoms with Crippen LogP contribution in [0.5, 0.6) is 11.5 Å². The standard InChI is InChI=1S/C19H14ClN3O7/c1-2-30-15-8-10(7-14(20)16(15)24)6-13-17(25)21-19(27)22(18(13)26)11-4-3-5-12(9-11)23(28)29/h3-9,24H,2H2,1H3,(H,21,25,27). The second-order valence-electron chi connectivity index (χ2n) is 6.02. The number of nitrogens with zero attached hydrogens (tertiary/aromatic N) is 2. The number of urea groups is 1. The third kappa shape index (κ3) is 3.94. The van der Waals surface area contributed by atoms with E-state index in [1.807, 2.05) is 5.32 Å². The molecule has 30 heavy (non-hydrogen) atoms. The van der Waals surface area contributed by atoms with Crippen molar-refractivity contribution >= 4 is 46.9 Å². The van der Waals surface area contributed by atoms with E-state index in [9.17, 15) is 29.6 Å². The van der Waals surface area contributed by atoms with E-state index in [1.165, 1.54) is 36.4 Å². The van der Waals surface area contributed by atoms with Crippen LogP contribution >= 0.6 is 11.6 Å². The molecule has 10 nitrogen and oxygen atoms in total. The van der Waals surface area contributed by atoms with Crippen molar-refractivity contribution in [3.8, 4) is 11.5 Å². The average molecular weight is 432 g/mol. The van der Waals surface area contributed by atoms with E-state index < -0.39 is 28.3 Å². The number of nitro groups is 1. The van der Waals surface area contributed by atoms with Crippen molar-refractivity contribution in [1.29, 1.82) is 0 Å². The summed E-state index contributed by atoms with van der Waals surface area (Å²) in [5.74, 6) is -2.18. The Kier molecular flexibility index (Phi) is 5.70. The number of anilines is 1. The number of amides is 4. The molecule has 11 heteroatoms. The predicted octanol–water partition coefficient (Wildman–Crippen LogP) is 3.02. The van der Waals surface area contributed by atoms with Crippen molar-refractivity contribution in [2.24, 2.45) is 0 Å². The molecule has 1 fully saturated rings. The fourth-order valence-electron chi connectivity index (χ4n) is 2.75. The number of non-ortho nitro benzene ring substituents is 1. The molecule has 2 aromatic rings. The van der Waals surface area contributed by atoms with E-state index in [4.69, 9.17) is 16.3 Å². The first-order valence-electron chi connectivity index (χ1n) is 8.54. The minimum absolute atomic E-state index is 0.0483. The summed E-state index contributed by atoms with van der Waals surface area (Å²) >= 11 is 5.97. The van der Waals surface area contributed by atoms with Crippen LogP contribution in [-0.2, 0) is 9.59 Å². The number of phenols is 1. The summed E-state index contributed by atoms with van der Waals surface area (Å²) in [5.41, 5.74) is -0.565. The number of ether oxygens (including phenoxy) is 1. The van der Waals surface area contributed by atoms with Crippen LogP contribution in [0.1, 0.15) is 12.5 Å². The van der Waals surface area contributed by atoms with Crippen LogP contribution in [0.15, 0.2) is 42.0 Å². The zero-order valence-electron chi connectivity index (χ0n) is 15.4. The molecule has 1 heterocycles. The predicted molar refractivity (Wildman–Crippen MR) is 106 cm³/mol. The number of hydrogen-bond donors (Lipinski definition) is 2. The van der Waals surface area contributed by atoms with Gasteiger partial charge in [0.25, 0.3) is 17.5 Å². The van der Waals surface area contributed by atoms with Crippen LogP contribution < -0.4 is 15.0 Å². The number of rotatable bonds is 5. The summed E-state index contributed by atoms with van der Waals surface area (Å²) in [6, 6.07) is 6.50. The maximum Gasteiger partial charge on any atom is 0.335 e. The van der Waals surface area contributed by atoms with E-state index in [0.717, 1.165) is 6.07 Å². The molecule has 3 rings (SSSR count). The van der Waals surface area contributed by atoms with Crippen molar-refractivity contribution in [2.75, 3.05) is 11.5 Å². The van der Waals surface area contributed by atoms with Crippen molar-refractivity contribution in [3.63, 3.8) is 0 Å². The first kappa shape index (κ1) is 20.8. The number of nitrogens with one attached hydrogen (secondary N) is 1. The number of barbiturate groups is 1. The molecule has 0 aromatic heterocycles. The van der Waals surface area contributed by atoms with E-state index in [2.05, 4.69) is 0 Å². The number of benzene rings is 2. The quantitative estimate of drug-likeness (QED) is 0.321. The fraction of sp³-hybridized carbons (Fsp3) is 0.105. The van der Waals surface area contributed by atoms with Crippen molar-refractivity contribution < 1.29 is 29.2 Å². The van der Waals surface area contributed by atoms with Crippen LogP contribution in [0.3, 0.4) is 0 Å². The van der Waals surface area contributed by atoms with Gasteiger partial charge in [-0.15, -0.1) is 0 Å². The van der Waals surface area contributed by atoms with E-state index in [0.29, 0.717) is 4.90 Å². The summed E-state index contributed by atoms with van der Waals surface area (Å²) in [6.45, 7) is 1.93. The molecule has 0 atom stereocenters. The Morgan fingerprint density at radius 2 is 2.00 bits per heavy atom. The topological polar surface area (TPSA) is 139 Å². The summed E-state index contributed by atoms with van der Waals surface area (Å²) in [5, 5.41) is 22.9. The Morgan fingerprint density at radius 1 is 1.27 bits per heavy atom. The lowest BCUT2D eigenvalue weighted by Gasteiger charge is -2.26. The zero-order valence-corrected chi connectivity index (χ0v) is 16.2. The number of hydrogen-bond acceptors (Lipinski definition) is 7. The Labute approximate surface area is 174 Å². The van der Waals surface area contributed by atoms with Gasteiger partial charge in [-0.3, -0.25) is 25.0 Å². The molecule has 1 aliphatic heterocycles. The van der Waals surface area contributed by atoms with Crippen molar-refractivity contribution in [3.05, 3.63) is 62.7 Å². The highest BCUT2D eigenvalue weighted by molar-refractivity contribution is 6.39. The third-order valence-corrected chi connectivity index (χ3v) is 4.35. The fourth-order valence-corrected chi connectivity index (χ4v) is 2.97. The zero-order chi connectivity index (χ0) is 22.0. The molecule has 154 valence electrons. The van der Waals surface area contributed by atoms with Gasteiger partial charge in [0, 0.05) is 12.1 Å². The number of imide groups is 2. The number of aromatic hydroxyl groups is 1. The minimum Gasteiger partial charge on any atom is -0.503 e. The highest BCUT2D eigenvalue weighted by atomic mass is 35.5. The maximum atomic E-state index is 12.9. The lowest BCUT2D eigenvalue weighted by molar-refractivity contribution is -0.384. The molecule has 2 aromatic carbocycles. The van der Waals surface area contributed by atoms with Crippen LogP contribution in [0.2, 0.25) is 5.02 Å². The van der Waals surface area contributed by atoms with Gasteiger partial charge in [0.2, 0.25) is 0 Å². The van der Waals surface area contributed by atoms with Gasteiger partial charge in [0.15, 0.2) is 11.5 Å². The van der Waals surface area contributed by atoms with Gasteiger partial charge in [-0.2, -0.15) is 0 Å². The number of nitro benzene ring substituents is 1. The van der Waals surface area contributed by atoms with Crippen LogP contribution in [-0.4, -0.2) is 34.5 Å². The molecule has 1 saturated heterocycles. The molecule has 1 aliphatic rings. The Morgan fingerprint density at radius 3 is 2.67 bits per heavy atom. The third-order valence-electron chi connectivity index (χ3n) is 4.06. The molecule has 0 saturated carbocycles. The molecule has 4 amide bonds. The summed E-state index contributed by atoms with van der Waals surface area (Å²) < 4.78 is 5.27. The normalized spacial score (nSPS) is 15.3. The highest BCUT2D eigenvalue weighted by Gasteiger charge is 2.37. The average Bonchev–Trinajstić information content (AvgIpc) is 2.69. The largest absolute Gasteiger partial charge is 0.503 e. The lowest BCUT2D eigenvalue weighted by Crippen LogP contribution is -2.54. The van der Waals surface area contributed by atoms with Gasteiger partial charge in [0.1, 0.15) is 5.57 Å². The van der Waals surface area contributed by atoms with Crippen molar-refractivity contribution in [2.45, 2.75) is 6.92 Å². The van der Waals surface area contributed by atoms with Gasteiger partial charge in [-0.05, 0) is 36.8 Å². The van der Waals surface area contributed by atoms with Gasteiger partial charge < -0.3 is 9.84 Å². The monoisotopic (exact) mass is 431 g/mol. The van der Waals surface area contributed by atoms with Gasteiger partial charge in [-0.25, -0.2) is 9.69 Å². The van der Waals surface area contributed by atoms with E-state index in [-0.39, 0.29) is 40.1 Å². The second kappa shape index (κ2) is 8.21. The van der Waals surface area contributed by atoms with Gasteiger partial charge >= 0.3 is 6.03 Å². The molecule has 2 N–H and O–H groups in total. The first-order valence-corrected chi connectivity index (χ1v) is 8.92. The van der Waals surface area contributed by atoms with Crippen LogP contribution in [0.25, 0.3) is 6.08 Å². The molecular formula is C19H14ClN3O7.